The molecule has 3 nitrogen and oxygen atoms in total. The number of fused-ring (bicyclic) bond motifs is 1. The molecule has 1 aliphatic carbocycles. The lowest BCUT2D eigenvalue weighted by molar-refractivity contribution is -0.136. The topological polar surface area (TPSA) is 35.5 Å². The first-order valence-electron chi connectivity index (χ1n) is 5.65. The smallest absolute Gasteiger partial charge is 0.333 e. The predicted octanol–water partition coefficient (Wildman–Crippen LogP) is 2.09. The second-order valence-electron chi connectivity index (χ2n) is 4.69. The molecule has 1 fully saturated rings. The van der Waals surface area contributed by atoms with Gasteiger partial charge in [-0.05, 0) is 19.3 Å². The molecular weight excluding hydrogens is 204 g/mol. The first-order valence-corrected chi connectivity index (χ1v) is 5.65. The van der Waals surface area contributed by atoms with Gasteiger partial charge in [-0.2, -0.15) is 0 Å². The third-order valence-corrected chi connectivity index (χ3v) is 3.64. The number of esters is 1. The second-order valence-corrected chi connectivity index (χ2v) is 4.69. The van der Waals surface area contributed by atoms with Crippen molar-refractivity contribution < 1.29 is 14.3 Å². The SMILES string of the molecule is C=C1CC(C(=O)OC)=C(C)C[C@@H]2COC[C@H]12. The van der Waals surface area contributed by atoms with E-state index >= 15 is 0 Å². The molecule has 2 rings (SSSR count). The summed E-state index contributed by atoms with van der Waals surface area (Å²) in [7, 11) is 1.43. The average molecular weight is 222 g/mol. The summed E-state index contributed by atoms with van der Waals surface area (Å²) in [6, 6.07) is 0. The molecule has 16 heavy (non-hydrogen) atoms. The second kappa shape index (κ2) is 4.42. The Balaban J connectivity index is 2.26. The van der Waals surface area contributed by atoms with Gasteiger partial charge >= 0.3 is 5.97 Å². The summed E-state index contributed by atoms with van der Waals surface area (Å²) < 4.78 is 10.3. The largest absolute Gasteiger partial charge is 0.466 e. The maximum atomic E-state index is 11.6. The molecular formula is C13H18O3. The Morgan fingerprint density at radius 1 is 1.50 bits per heavy atom. The number of carbonyl (C=O) groups excluding carboxylic acids is 1. The Bertz CT molecular complexity index is 354. The van der Waals surface area contributed by atoms with Crippen LogP contribution >= 0.6 is 0 Å². The van der Waals surface area contributed by atoms with Crippen molar-refractivity contribution in [2.45, 2.75) is 19.8 Å². The van der Waals surface area contributed by atoms with Crippen LogP contribution in [0.3, 0.4) is 0 Å². The van der Waals surface area contributed by atoms with Crippen LogP contribution in [0.4, 0.5) is 0 Å². The number of carbonyl (C=O) groups is 1. The summed E-state index contributed by atoms with van der Waals surface area (Å²) in [5, 5.41) is 0. The van der Waals surface area contributed by atoms with E-state index < -0.39 is 0 Å². The van der Waals surface area contributed by atoms with E-state index in [0.29, 0.717) is 18.3 Å². The Hall–Kier alpha value is -1.09. The van der Waals surface area contributed by atoms with E-state index in [1.54, 1.807) is 0 Å². The van der Waals surface area contributed by atoms with E-state index in [2.05, 4.69) is 6.58 Å². The van der Waals surface area contributed by atoms with Gasteiger partial charge in [-0.25, -0.2) is 4.79 Å². The molecule has 0 spiro atoms. The van der Waals surface area contributed by atoms with E-state index in [1.165, 1.54) is 7.11 Å². The van der Waals surface area contributed by atoms with Crippen molar-refractivity contribution in [2.75, 3.05) is 20.3 Å². The molecule has 0 aromatic rings. The van der Waals surface area contributed by atoms with Crippen molar-refractivity contribution in [2.24, 2.45) is 11.8 Å². The van der Waals surface area contributed by atoms with Gasteiger partial charge in [0, 0.05) is 17.9 Å². The summed E-state index contributed by atoms with van der Waals surface area (Å²) in [5.74, 6) is 0.700. The van der Waals surface area contributed by atoms with E-state index in [0.717, 1.165) is 36.4 Å². The van der Waals surface area contributed by atoms with Gasteiger partial charge in [0.1, 0.15) is 0 Å². The molecule has 2 aliphatic rings. The zero-order valence-corrected chi connectivity index (χ0v) is 9.91. The monoisotopic (exact) mass is 222 g/mol. The maximum Gasteiger partial charge on any atom is 0.333 e. The van der Waals surface area contributed by atoms with Crippen LogP contribution < -0.4 is 0 Å². The summed E-state index contributed by atoms with van der Waals surface area (Å²) in [4.78, 5) is 11.6. The minimum absolute atomic E-state index is 0.209. The average Bonchev–Trinajstić information content (AvgIpc) is 2.68. The van der Waals surface area contributed by atoms with Crippen LogP contribution in [0.15, 0.2) is 23.3 Å². The molecule has 88 valence electrons. The van der Waals surface area contributed by atoms with Crippen LogP contribution in [-0.2, 0) is 14.3 Å². The lowest BCUT2D eigenvalue weighted by Crippen LogP contribution is -2.12. The molecule has 1 saturated heterocycles. The van der Waals surface area contributed by atoms with E-state index in [1.807, 2.05) is 6.92 Å². The summed E-state index contributed by atoms with van der Waals surface area (Å²) in [6.45, 7) is 7.65. The molecule has 0 unspecified atom stereocenters. The van der Waals surface area contributed by atoms with E-state index in [-0.39, 0.29) is 5.97 Å². The molecule has 2 atom stereocenters. The van der Waals surface area contributed by atoms with Crippen LogP contribution in [0.25, 0.3) is 0 Å². The lowest BCUT2D eigenvalue weighted by atomic mass is 9.87. The molecule has 0 saturated carbocycles. The van der Waals surface area contributed by atoms with Crippen LogP contribution in [0.1, 0.15) is 19.8 Å². The Labute approximate surface area is 96.1 Å². The van der Waals surface area contributed by atoms with Gasteiger partial charge in [-0.15, -0.1) is 0 Å². The predicted molar refractivity (Wildman–Crippen MR) is 60.9 cm³/mol. The van der Waals surface area contributed by atoms with Crippen LogP contribution in [0, 0.1) is 11.8 Å². The van der Waals surface area contributed by atoms with Crippen molar-refractivity contribution in [1.29, 1.82) is 0 Å². The van der Waals surface area contributed by atoms with Crippen molar-refractivity contribution in [3.05, 3.63) is 23.3 Å². The van der Waals surface area contributed by atoms with Crippen molar-refractivity contribution >= 4 is 5.97 Å². The fourth-order valence-corrected chi connectivity index (χ4v) is 2.65. The summed E-state index contributed by atoms with van der Waals surface area (Å²) in [6.07, 6.45) is 1.57. The highest BCUT2D eigenvalue weighted by molar-refractivity contribution is 5.89. The first-order chi connectivity index (χ1) is 7.63. The zero-order chi connectivity index (χ0) is 11.7. The van der Waals surface area contributed by atoms with Crippen molar-refractivity contribution in [3.63, 3.8) is 0 Å². The number of ether oxygens (including phenoxy) is 2. The van der Waals surface area contributed by atoms with Crippen LogP contribution in [-0.4, -0.2) is 26.3 Å². The number of hydrogen-bond donors (Lipinski definition) is 0. The molecule has 1 heterocycles. The fourth-order valence-electron chi connectivity index (χ4n) is 2.65. The number of allylic oxidation sites excluding steroid dienone is 1. The third kappa shape index (κ3) is 1.92. The highest BCUT2D eigenvalue weighted by atomic mass is 16.5. The standard InChI is InChI=1S/C13H18O3/c1-8-4-10-6-16-7-12(10)9(2)5-11(8)13(14)15-3/h10,12H,2,4-7H2,1,3H3/t10-,12-/m1/s1. The van der Waals surface area contributed by atoms with Crippen LogP contribution in [0.2, 0.25) is 0 Å². The quantitative estimate of drug-likeness (QED) is 0.503. The third-order valence-electron chi connectivity index (χ3n) is 3.64. The molecule has 0 radical (unpaired) electrons. The maximum absolute atomic E-state index is 11.6. The number of hydrogen-bond acceptors (Lipinski definition) is 3. The highest BCUT2D eigenvalue weighted by Crippen LogP contribution is 2.38. The van der Waals surface area contributed by atoms with E-state index in [4.69, 9.17) is 9.47 Å². The lowest BCUT2D eigenvalue weighted by Gasteiger charge is -2.15. The van der Waals surface area contributed by atoms with Gasteiger partial charge in [0.25, 0.3) is 0 Å². The highest BCUT2D eigenvalue weighted by Gasteiger charge is 2.34. The Morgan fingerprint density at radius 3 is 2.94 bits per heavy atom. The molecule has 0 N–H and O–H groups in total. The summed E-state index contributed by atoms with van der Waals surface area (Å²) in [5.41, 5.74) is 3.03. The molecule has 3 heteroatoms. The van der Waals surface area contributed by atoms with Gasteiger partial charge < -0.3 is 9.47 Å². The summed E-state index contributed by atoms with van der Waals surface area (Å²) >= 11 is 0. The molecule has 0 aromatic heterocycles. The first kappa shape index (κ1) is 11.4. The number of rotatable bonds is 1. The molecule has 0 bridgehead atoms. The van der Waals surface area contributed by atoms with Crippen LogP contribution in [0.5, 0.6) is 0 Å². The zero-order valence-electron chi connectivity index (χ0n) is 9.91. The molecule has 0 amide bonds. The van der Waals surface area contributed by atoms with Crippen molar-refractivity contribution in [1.82, 2.24) is 0 Å². The minimum atomic E-state index is -0.209. The van der Waals surface area contributed by atoms with Gasteiger partial charge in [-0.1, -0.05) is 17.7 Å². The fraction of sp³-hybridized carbons (Fsp3) is 0.615. The van der Waals surface area contributed by atoms with Gasteiger partial charge in [0.15, 0.2) is 0 Å². The van der Waals surface area contributed by atoms with E-state index in [9.17, 15) is 4.79 Å². The Morgan fingerprint density at radius 2 is 2.25 bits per heavy atom. The van der Waals surface area contributed by atoms with Crippen molar-refractivity contribution in [3.8, 4) is 0 Å². The minimum Gasteiger partial charge on any atom is -0.466 e. The molecule has 1 aliphatic heterocycles. The number of methoxy groups -OCH3 is 1. The van der Waals surface area contributed by atoms with Gasteiger partial charge in [0.05, 0.1) is 20.3 Å². The van der Waals surface area contributed by atoms with Gasteiger partial charge in [-0.3, -0.25) is 0 Å². The normalized spacial score (nSPS) is 30.0. The van der Waals surface area contributed by atoms with Gasteiger partial charge in [0.2, 0.25) is 0 Å². The Kier molecular flexibility index (Phi) is 3.15. The molecule has 0 aromatic carbocycles.